The van der Waals surface area contributed by atoms with Gasteiger partial charge < -0.3 is 15.8 Å². The van der Waals surface area contributed by atoms with Crippen LogP contribution in [0.3, 0.4) is 0 Å². The number of amides is 1. The van der Waals surface area contributed by atoms with E-state index >= 15 is 0 Å². The summed E-state index contributed by atoms with van der Waals surface area (Å²) in [5.41, 5.74) is 10.5. The van der Waals surface area contributed by atoms with Gasteiger partial charge in [-0.15, -0.1) is 0 Å². The van der Waals surface area contributed by atoms with Crippen LogP contribution < -0.4 is 11.1 Å². The highest BCUT2D eigenvalue weighted by molar-refractivity contribution is 6.30. The Morgan fingerprint density at radius 1 is 1.26 bits per heavy atom. The third-order valence-corrected chi connectivity index (χ3v) is 8.23. The summed E-state index contributed by atoms with van der Waals surface area (Å²) < 4.78 is 8.24. The highest BCUT2D eigenvalue weighted by atomic mass is 35.5. The molecule has 1 aliphatic heterocycles. The molecule has 1 aromatic heterocycles. The number of aliphatic imine (C=N–C) groups is 1. The molecule has 8 nitrogen and oxygen atoms in total. The van der Waals surface area contributed by atoms with Crippen LogP contribution in [0, 0.1) is 6.92 Å². The Bertz CT molecular complexity index is 1130. The molecular formula is C29H41ClN6O2. The van der Waals surface area contributed by atoms with Gasteiger partial charge in [0.15, 0.2) is 0 Å². The van der Waals surface area contributed by atoms with Crippen molar-refractivity contribution in [1.82, 2.24) is 20.0 Å². The number of nitrogens with zero attached hydrogens (tertiary/aromatic N) is 4. The number of carbonyl (C=O) groups excluding carboxylic acids is 1. The standard InChI is InChI=1S/C29H41ClN6O2/c1-19(32-3)13-27(31)29(37)33-16-26-17-36(25(18-38-26)15-21-5-9-23(30)10-6-21)24-11-7-22(8-12-24)28-14-20(2)35(4)34-28/h5-6,9-10,13-14,22,24-26H,7-8,11-12,15-18,31H2,1-4H3,(H,33,37). The largest absolute Gasteiger partial charge is 0.394 e. The van der Waals surface area contributed by atoms with Crippen LogP contribution in [0.1, 0.15) is 55.5 Å². The summed E-state index contributed by atoms with van der Waals surface area (Å²) in [5.74, 6) is 0.222. The summed E-state index contributed by atoms with van der Waals surface area (Å²) in [6.45, 7) is 5.73. The number of allylic oxidation sites excluding steroid dienone is 1. The van der Waals surface area contributed by atoms with Crippen LogP contribution in [0.2, 0.25) is 5.02 Å². The van der Waals surface area contributed by atoms with E-state index in [4.69, 9.17) is 27.2 Å². The van der Waals surface area contributed by atoms with Crippen LogP contribution in [0.15, 0.2) is 47.1 Å². The number of nitrogens with two attached hydrogens (primary N) is 1. The van der Waals surface area contributed by atoms with E-state index in [0.717, 1.165) is 43.7 Å². The van der Waals surface area contributed by atoms with Gasteiger partial charge in [-0.3, -0.25) is 19.4 Å². The third kappa shape index (κ3) is 7.24. The first-order valence-corrected chi connectivity index (χ1v) is 13.9. The van der Waals surface area contributed by atoms with E-state index in [1.807, 2.05) is 30.8 Å². The van der Waals surface area contributed by atoms with Gasteiger partial charge in [0.1, 0.15) is 0 Å². The molecule has 0 spiro atoms. The molecule has 1 aromatic carbocycles. The summed E-state index contributed by atoms with van der Waals surface area (Å²) in [6, 6.07) is 11.1. The fourth-order valence-electron chi connectivity index (χ4n) is 5.57. The number of hydrogen-bond acceptors (Lipinski definition) is 6. The van der Waals surface area contributed by atoms with Gasteiger partial charge >= 0.3 is 0 Å². The molecule has 3 N–H and O–H groups in total. The molecule has 206 valence electrons. The first-order valence-electron chi connectivity index (χ1n) is 13.5. The number of aryl methyl sites for hydroxylation is 2. The van der Waals surface area contributed by atoms with Crippen molar-refractivity contribution in [2.24, 2.45) is 17.8 Å². The molecule has 1 aliphatic carbocycles. The number of aromatic nitrogens is 2. The van der Waals surface area contributed by atoms with Crippen LogP contribution in [-0.2, 0) is 23.0 Å². The molecule has 2 aliphatic rings. The molecule has 2 unspecified atom stereocenters. The normalized spacial score (nSPS) is 25.4. The molecule has 38 heavy (non-hydrogen) atoms. The molecule has 0 radical (unpaired) electrons. The quantitative estimate of drug-likeness (QED) is 0.392. The van der Waals surface area contributed by atoms with Gasteiger partial charge in [-0.1, -0.05) is 23.7 Å². The SMILES string of the molecule is CN=C(C)C=C(N)C(=O)NCC1CN(C2CCC(c3cc(C)n(C)n3)CC2)C(Cc2ccc(Cl)cc2)CO1. The Morgan fingerprint density at radius 2 is 1.97 bits per heavy atom. The lowest BCUT2D eigenvalue weighted by molar-refractivity contribution is -0.120. The number of halogens is 1. The molecule has 1 saturated heterocycles. The zero-order valence-electron chi connectivity index (χ0n) is 23.0. The Labute approximate surface area is 231 Å². The second-order valence-corrected chi connectivity index (χ2v) is 11.1. The molecule has 1 saturated carbocycles. The van der Waals surface area contributed by atoms with Gasteiger partial charge in [-0.25, -0.2) is 0 Å². The summed E-state index contributed by atoms with van der Waals surface area (Å²) in [6.07, 6.45) is 6.92. The third-order valence-electron chi connectivity index (χ3n) is 7.98. The second kappa shape index (κ2) is 12.9. The van der Waals surface area contributed by atoms with Gasteiger partial charge in [0, 0.05) is 61.6 Å². The molecule has 2 atom stereocenters. The summed E-state index contributed by atoms with van der Waals surface area (Å²) in [5, 5.41) is 8.45. The minimum atomic E-state index is -0.294. The maximum atomic E-state index is 12.5. The highest BCUT2D eigenvalue weighted by Crippen LogP contribution is 2.36. The lowest BCUT2D eigenvalue weighted by Crippen LogP contribution is -2.57. The molecule has 1 amide bonds. The van der Waals surface area contributed by atoms with Gasteiger partial charge in [0.25, 0.3) is 5.91 Å². The molecule has 2 aromatic rings. The monoisotopic (exact) mass is 540 g/mol. The van der Waals surface area contributed by atoms with Crippen molar-refractivity contribution >= 4 is 23.2 Å². The van der Waals surface area contributed by atoms with Crippen molar-refractivity contribution in [3.05, 3.63) is 64.1 Å². The van der Waals surface area contributed by atoms with E-state index in [1.165, 1.54) is 17.0 Å². The van der Waals surface area contributed by atoms with Crippen LogP contribution in [0.5, 0.6) is 0 Å². The fourth-order valence-corrected chi connectivity index (χ4v) is 5.70. The zero-order chi connectivity index (χ0) is 27.2. The number of carbonyl (C=O) groups is 1. The number of morpholine rings is 1. The molecule has 9 heteroatoms. The van der Waals surface area contributed by atoms with E-state index in [9.17, 15) is 4.79 Å². The topological polar surface area (TPSA) is 97.8 Å². The lowest BCUT2D eigenvalue weighted by Gasteiger charge is -2.46. The lowest BCUT2D eigenvalue weighted by atomic mass is 9.82. The molecular weight excluding hydrogens is 500 g/mol. The minimum Gasteiger partial charge on any atom is -0.394 e. The average Bonchev–Trinajstić information content (AvgIpc) is 3.26. The molecule has 2 fully saturated rings. The van der Waals surface area contributed by atoms with Crippen molar-refractivity contribution in [1.29, 1.82) is 0 Å². The summed E-state index contributed by atoms with van der Waals surface area (Å²) in [4.78, 5) is 19.2. The van der Waals surface area contributed by atoms with Gasteiger partial charge in [0.05, 0.1) is 24.1 Å². The van der Waals surface area contributed by atoms with Gasteiger partial charge in [-0.2, -0.15) is 5.10 Å². The van der Waals surface area contributed by atoms with Crippen molar-refractivity contribution in [3.63, 3.8) is 0 Å². The maximum Gasteiger partial charge on any atom is 0.267 e. The Morgan fingerprint density at radius 3 is 2.61 bits per heavy atom. The van der Waals surface area contributed by atoms with Crippen LogP contribution in [-0.4, -0.2) is 71.2 Å². The van der Waals surface area contributed by atoms with Crippen LogP contribution in [0.25, 0.3) is 0 Å². The highest BCUT2D eigenvalue weighted by Gasteiger charge is 2.36. The maximum absolute atomic E-state index is 12.5. The van der Waals surface area contributed by atoms with E-state index in [1.54, 1.807) is 13.1 Å². The number of rotatable bonds is 8. The minimum absolute atomic E-state index is 0.0923. The van der Waals surface area contributed by atoms with Crippen LogP contribution in [0.4, 0.5) is 0 Å². The van der Waals surface area contributed by atoms with E-state index in [0.29, 0.717) is 30.8 Å². The predicted octanol–water partition coefficient (Wildman–Crippen LogP) is 3.77. The predicted molar refractivity (Wildman–Crippen MR) is 153 cm³/mol. The van der Waals surface area contributed by atoms with E-state index in [-0.39, 0.29) is 23.8 Å². The number of hydrogen-bond donors (Lipinski definition) is 2. The second-order valence-electron chi connectivity index (χ2n) is 10.7. The number of benzene rings is 1. The average molecular weight is 541 g/mol. The Hall–Kier alpha value is -2.68. The van der Waals surface area contributed by atoms with Crippen molar-refractivity contribution < 1.29 is 9.53 Å². The first kappa shape index (κ1) is 28.3. The van der Waals surface area contributed by atoms with Crippen molar-refractivity contribution in [3.8, 4) is 0 Å². The number of nitrogens with one attached hydrogen (secondary N) is 1. The first-order chi connectivity index (χ1) is 18.2. The Kier molecular flexibility index (Phi) is 9.63. The number of ether oxygens (including phenoxy) is 1. The van der Waals surface area contributed by atoms with Gasteiger partial charge in [0.2, 0.25) is 0 Å². The Balaban J connectivity index is 1.41. The van der Waals surface area contributed by atoms with Crippen molar-refractivity contribution in [2.75, 3.05) is 26.7 Å². The molecule has 0 bridgehead atoms. The van der Waals surface area contributed by atoms with E-state index in [2.05, 4.69) is 40.3 Å². The summed E-state index contributed by atoms with van der Waals surface area (Å²) in [7, 11) is 3.69. The van der Waals surface area contributed by atoms with Crippen LogP contribution >= 0.6 is 11.6 Å². The molecule has 2 heterocycles. The van der Waals surface area contributed by atoms with Gasteiger partial charge in [-0.05, 0) is 75.8 Å². The zero-order valence-corrected chi connectivity index (χ0v) is 23.7. The van der Waals surface area contributed by atoms with Crippen molar-refractivity contribution in [2.45, 2.75) is 70.1 Å². The smallest absolute Gasteiger partial charge is 0.267 e. The summed E-state index contributed by atoms with van der Waals surface area (Å²) >= 11 is 6.12. The molecule has 4 rings (SSSR count). The fraction of sp³-hybridized carbons (Fsp3) is 0.552. The van der Waals surface area contributed by atoms with E-state index < -0.39 is 0 Å².